The fraction of sp³-hybridized carbons (Fsp3) is 0.250. The highest BCUT2D eigenvalue weighted by Crippen LogP contribution is 2.18. The van der Waals surface area contributed by atoms with Crippen LogP contribution in [0, 0.1) is 0 Å². The SMILES string of the molecule is CNc1nocc1Br. The van der Waals surface area contributed by atoms with Crippen LogP contribution in [0.3, 0.4) is 0 Å². The lowest BCUT2D eigenvalue weighted by Gasteiger charge is -1.86. The zero-order valence-electron chi connectivity index (χ0n) is 4.31. The number of rotatable bonds is 1. The molecule has 0 bridgehead atoms. The summed E-state index contributed by atoms with van der Waals surface area (Å²) in [7, 11) is 1.78. The van der Waals surface area contributed by atoms with Gasteiger partial charge in [0.15, 0.2) is 5.82 Å². The molecule has 4 heteroatoms. The first kappa shape index (κ1) is 5.62. The summed E-state index contributed by atoms with van der Waals surface area (Å²) in [5.41, 5.74) is 0. The van der Waals surface area contributed by atoms with Gasteiger partial charge in [-0.1, -0.05) is 5.16 Å². The van der Waals surface area contributed by atoms with Crippen LogP contribution in [0.15, 0.2) is 15.3 Å². The lowest BCUT2D eigenvalue weighted by molar-refractivity contribution is 0.422. The number of nitrogens with one attached hydrogen (secondary N) is 1. The molecule has 0 fully saturated rings. The Morgan fingerprint density at radius 1 is 1.88 bits per heavy atom. The number of hydrogen-bond acceptors (Lipinski definition) is 3. The van der Waals surface area contributed by atoms with E-state index in [1.54, 1.807) is 7.05 Å². The van der Waals surface area contributed by atoms with Crippen LogP contribution in [0.4, 0.5) is 5.82 Å². The van der Waals surface area contributed by atoms with Crippen LogP contribution < -0.4 is 5.32 Å². The minimum absolute atomic E-state index is 0.727. The second kappa shape index (κ2) is 2.17. The van der Waals surface area contributed by atoms with Crippen molar-refractivity contribution < 1.29 is 4.52 Å². The van der Waals surface area contributed by atoms with Crippen LogP contribution in [0.1, 0.15) is 0 Å². The zero-order valence-corrected chi connectivity index (χ0v) is 5.90. The standard InChI is InChI=1S/C4H5BrN2O/c1-6-4-3(5)2-8-7-4/h2H,1H3,(H,6,7). The van der Waals surface area contributed by atoms with Crippen LogP contribution in [0.25, 0.3) is 0 Å². The Labute approximate surface area is 55.2 Å². The van der Waals surface area contributed by atoms with E-state index in [4.69, 9.17) is 0 Å². The van der Waals surface area contributed by atoms with E-state index in [2.05, 4.69) is 30.9 Å². The second-order valence-corrected chi connectivity index (χ2v) is 2.12. The van der Waals surface area contributed by atoms with E-state index in [0.29, 0.717) is 0 Å². The van der Waals surface area contributed by atoms with E-state index in [0.717, 1.165) is 10.3 Å². The normalized spacial score (nSPS) is 9.25. The van der Waals surface area contributed by atoms with Crippen molar-refractivity contribution in [1.29, 1.82) is 0 Å². The molecule has 1 rings (SSSR count). The van der Waals surface area contributed by atoms with Crippen LogP contribution in [0.5, 0.6) is 0 Å². The molecule has 1 N–H and O–H groups in total. The molecule has 0 spiro atoms. The summed E-state index contributed by atoms with van der Waals surface area (Å²) < 4.78 is 5.42. The summed E-state index contributed by atoms with van der Waals surface area (Å²) in [4.78, 5) is 0. The summed E-state index contributed by atoms with van der Waals surface area (Å²) in [5, 5.41) is 6.42. The highest BCUT2D eigenvalue weighted by molar-refractivity contribution is 9.10. The highest BCUT2D eigenvalue weighted by atomic mass is 79.9. The molecule has 0 aromatic carbocycles. The largest absolute Gasteiger partial charge is 0.369 e. The summed E-state index contributed by atoms with van der Waals surface area (Å²) in [5.74, 6) is 0.727. The number of aromatic nitrogens is 1. The van der Waals surface area contributed by atoms with E-state index in [1.165, 1.54) is 6.26 Å². The molecule has 0 aliphatic heterocycles. The molecule has 3 nitrogen and oxygen atoms in total. The first-order valence-electron chi connectivity index (χ1n) is 2.12. The van der Waals surface area contributed by atoms with Gasteiger partial charge in [0.05, 0.1) is 0 Å². The lowest BCUT2D eigenvalue weighted by Crippen LogP contribution is -1.86. The van der Waals surface area contributed by atoms with E-state index in [-0.39, 0.29) is 0 Å². The molecule has 44 valence electrons. The topological polar surface area (TPSA) is 38.1 Å². The number of hydrogen-bond donors (Lipinski definition) is 1. The average molecular weight is 177 g/mol. The molecule has 1 aromatic rings. The average Bonchev–Trinajstić information content (AvgIpc) is 2.14. The molecule has 0 saturated heterocycles. The Morgan fingerprint density at radius 3 is 2.88 bits per heavy atom. The van der Waals surface area contributed by atoms with Crippen molar-refractivity contribution in [2.24, 2.45) is 0 Å². The van der Waals surface area contributed by atoms with Crippen molar-refractivity contribution >= 4 is 21.7 Å². The first-order chi connectivity index (χ1) is 3.84. The molecule has 0 aliphatic rings. The van der Waals surface area contributed by atoms with Crippen LogP contribution in [-0.4, -0.2) is 12.2 Å². The van der Waals surface area contributed by atoms with E-state index >= 15 is 0 Å². The Balaban J connectivity index is 2.92. The van der Waals surface area contributed by atoms with Crippen molar-refractivity contribution in [3.05, 3.63) is 10.7 Å². The molecule has 0 unspecified atom stereocenters. The Morgan fingerprint density at radius 2 is 2.62 bits per heavy atom. The quantitative estimate of drug-likeness (QED) is 0.705. The maximum atomic E-state index is 4.58. The van der Waals surface area contributed by atoms with Gasteiger partial charge in [-0.2, -0.15) is 0 Å². The van der Waals surface area contributed by atoms with Gasteiger partial charge in [-0.25, -0.2) is 0 Å². The van der Waals surface area contributed by atoms with Gasteiger partial charge in [-0.15, -0.1) is 0 Å². The van der Waals surface area contributed by atoms with Gasteiger partial charge in [0.2, 0.25) is 0 Å². The minimum Gasteiger partial charge on any atom is -0.369 e. The maximum Gasteiger partial charge on any atom is 0.183 e. The first-order valence-corrected chi connectivity index (χ1v) is 2.91. The molecule has 1 aromatic heterocycles. The van der Waals surface area contributed by atoms with Crippen molar-refractivity contribution in [3.63, 3.8) is 0 Å². The van der Waals surface area contributed by atoms with Gasteiger partial charge in [0, 0.05) is 7.05 Å². The molecule has 8 heavy (non-hydrogen) atoms. The number of halogens is 1. The molecule has 0 atom stereocenters. The van der Waals surface area contributed by atoms with Crippen LogP contribution in [0.2, 0.25) is 0 Å². The fourth-order valence-electron chi connectivity index (χ4n) is 0.390. The third kappa shape index (κ3) is 0.838. The predicted molar refractivity (Wildman–Crippen MR) is 33.7 cm³/mol. The molecule has 0 radical (unpaired) electrons. The Hall–Kier alpha value is -0.510. The second-order valence-electron chi connectivity index (χ2n) is 1.26. The van der Waals surface area contributed by atoms with Gasteiger partial charge in [0.25, 0.3) is 0 Å². The Bertz CT molecular complexity index is 174. The molecule has 0 aliphatic carbocycles. The third-order valence-corrected chi connectivity index (χ3v) is 1.33. The smallest absolute Gasteiger partial charge is 0.183 e. The van der Waals surface area contributed by atoms with E-state index in [1.807, 2.05) is 0 Å². The van der Waals surface area contributed by atoms with Crippen molar-refractivity contribution in [3.8, 4) is 0 Å². The van der Waals surface area contributed by atoms with Gasteiger partial charge in [-0.3, -0.25) is 0 Å². The van der Waals surface area contributed by atoms with Gasteiger partial charge in [-0.05, 0) is 15.9 Å². The molecule has 0 amide bonds. The maximum absolute atomic E-state index is 4.58. The third-order valence-electron chi connectivity index (χ3n) is 0.763. The fourth-order valence-corrected chi connectivity index (χ4v) is 0.744. The molecular weight excluding hydrogens is 172 g/mol. The highest BCUT2D eigenvalue weighted by Gasteiger charge is 1.98. The Kier molecular flexibility index (Phi) is 1.53. The van der Waals surface area contributed by atoms with Crippen molar-refractivity contribution in [1.82, 2.24) is 5.16 Å². The molecule has 1 heterocycles. The van der Waals surface area contributed by atoms with Crippen LogP contribution >= 0.6 is 15.9 Å². The van der Waals surface area contributed by atoms with Gasteiger partial charge >= 0.3 is 0 Å². The van der Waals surface area contributed by atoms with Crippen LogP contribution in [-0.2, 0) is 0 Å². The number of nitrogens with zero attached hydrogens (tertiary/aromatic N) is 1. The molecular formula is C4H5BrN2O. The van der Waals surface area contributed by atoms with Crippen molar-refractivity contribution in [2.45, 2.75) is 0 Å². The van der Waals surface area contributed by atoms with Gasteiger partial charge < -0.3 is 9.84 Å². The lowest BCUT2D eigenvalue weighted by atomic mass is 10.6. The number of anilines is 1. The zero-order chi connectivity index (χ0) is 5.98. The summed E-state index contributed by atoms with van der Waals surface area (Å²) in [6.45, 7) is 0. The summed E-state index contributed by atoms with van der Waals surface area (Å²) >= 11 is 3.21. The summed E-state index contributed by atoms with van der Waals surface area (Å²) in [6, 6.07) is 0. The monoisotopic (exact) mass is 176 g/mol. The predicted octanol–water partition coefficient (Wildman–Crippen LogP) is 1.48. The molecule has 0 saturated carbocycles. The summed E-state index contributed by atoms with van der Waals surface area (Å²) in [6.07, 6.45) is 1.52. The van der Waals surface area contributed by atoms with Crippen molar-refractivity contribution in [2.75, 3.05) is 12.4 Å². The van der Waals surface area contributed by atoms with E-state index in [9.17, 15) is 0 Å². The minimum atomic E-state index is 0.727. The van der Waals surface area contributed by atoms with Gasteiger partial charge in [0.1, 0.15) is 10.7 Å². The van der Waals surface area contributed by atoms with E-state index < -0.39 is 0 Å².